The minimum Gasteiger partial charge on any atom is -0.326 e. The van der Waals surface area contributed by atoms with E-state index in [1.54, 1.807) is 41.3 Å². The van der Waals surface area contributed by atoms with Gasteiger partial charge in [0.05, 0.1) is 11.9 Å². The predicted molar refractivity (Wildman–Crippen MR) is 76.8 cm³/mol. The molecule has 3 rings (SSSR count). The van der Waals surface area contributed by atoms with Gasteiger partial charge in [0.1, 0.15) is 11.6 Å². The summed E-state index contributed by atoms with van der Waals surface area (Å²) in [5.74, 6) is -0.647. The average Bonchev–Trinajstić information content (AvgIpc) is 2.97. The van der Waals surface area contributed by atoms with Crippen LogP contribution in [-0.4, -0.2) is 9.78 Å². The Balaban J connectivity index is 1.96. The molecular formula is C16H13F2N3. The van der Waals surface area contributed by atoms with Crippen LogP contribution in [0.4, 0.5) is 8.78 Å². The van der Waals surface area contributed by atoms with Crippen molar-refractivity contribution in [3.63, 3.8) is 0 Å². The van der Waals surface area contributed by atoms with Gasteiger partial charge < -0.3 is 5.73 Å². The third kappa shape index (κ3) is 2.68. The third-order valence-electron chi connectivity index (χ3n) is 3.25. The molecule has 0 radical (unpaired) electrons. The molecule has 0 aliphatic carbocycles. The van der Waals surface area contributed by atoms with Crippen molar-refractivity contribution in [3.05, 3.63) is 72.1 Å². The fourth-order valence-corrected chi connectivity index (χ4v) is 2.12. The van der Waals surface area contributed by atoms with Crippen molar-refractivity contribution in [2.45, 2.75) is 6.54 Å². The molecule has 0 atom stereocenters. The van der Waals surface area contributed by atoms with Crippen molar-refractivity contribution in [1.82, 2.24) is 9.78 Å². The van der Waals surface area contributed by atoms with Gasteiger partial charge in [0, 0.05) is 23.9 Å². The molecule has 0 unspecified atom stereocenters. The summed E-state index contributed by atoms with van der Waals surface area (Å²) in [4.78, 5) is 0. The normalized spacial score (nSPS) is 10.8. The molecule has 0 aliphatic rings. The number of aromatic nitrogens is 2. The van der Waals surface area contributed by atoms with E-state index in [1.165, 1.54) is 18.2 Å². The standard InChI is InChI=1S/C16H13F2N3/c17-13-2-4-14(5-3-13)21-10-12(9-20-21)15-6-1-11(8-19)7-16(15)18/h1-7,9-10H,8,19H2. The van der Waals surface area contributed by atoms with E-state index in [2.05, 4.69) is 5.10 Å². The van der Waals surface area contributed by atoms with E-state index in [-0.39, 0.29) is 11.6 Å². The molecule has 0 fully saturated rings. The Kier molecular flexibility index (Phi) is 3.50. The first kappa shape index (κ1) is 13.5. The molecule has 3 aromatic rings. The van der Waals surface area contributed by atoms with Crippen LogP contribution in [0.5, 0.6) is 0 Å². The number of nitrogens with zero attached hydrogens (tertiary/aromatic N) is 2. The van der Waals surface area contributed by atoms with Crippen molar-refractivity contribution < 1.29 is 8.78 Å². The second kappa shape index (κ2) is 5.46. The lowest BCUT2D eigenvalue weighted by Gasteiger charge is -2.03. The maximum Gasteiger partial charge on any atom is 0.131 e. The summed E-state index contributed by atoms with van der Waals surface area (Å²) in [6, 6.07) is 10.8. The van der Waals surface area contributed by atoms with Crippen LogP contribution in [0, 0.1) is 11.6 Å². The number of hydrogen-bond donors (Lipinski definition) is 1. The third-order valence-corrected chi connectivity index (χ3v) is 3.25. The summed E-state index contributed by atoms with van der Waals surface area (Å²) in [7, 11) is 0. The quantitative estimate of drug-likeness (QED) is 0.802. The molecular weight excluding hydrogens is 272 g/mol. The minimum absolute atomic E-state index is 0.298. The first-order valence-corrected chi connectivity index (χ1v) is 6.47. The Labute approximate surface area is 120 Å². The molecule has 0 spiro atoms. The van der Waals surface area contributed by atoms with Crippen molar-refractivity contribution in [1.29, 1.82) is 0 Å². The van der Waals surface area contributed by atoms with E-state index >= 15 is 0 Å². The SMILES string of the molecule is NCc1ccc(-c2cnn(-c3ccc(F)cc3)c2)c(F)c1. The van der Waals surface area contributed by atoms with Gasteiger partial charge in [0.15, 0.2) is 0 Å². The Bertz CT molecular complexity index is 763. The smallest absolute Gasteiger partial charge is 0.131 e. The van der Waals surface area contributed by atoms with E-state index in [4.69, 9.17) is 5.73 Å². The molecule has 0 saturated heterocycles. The van der Waals surface area contributed by atoms with Crippen LogP contribution >= 0.6 is 0 Å². The van der Waals surface area contributed by atoms with Crippen LogP contribution in [0.1, 0.15) is 5.56 Å². The molecule has 1 heterocycles. The number of nitrogens with two attached hydrogens (primary N) is 1. The largest absolute Gasteiger partial charge is 0.326 e. The highest BCUT2D eigenvalue weighted by atomic mass is 19.1. The Morgan fingerprint density at radius 3 is 2.48 bits per heavy atom. The van der Waals surface area contributed by atoms with Gasteiger partial charge >= 0.3 is 0 Å². The molecule has 0 saturated carbocycles. The Hall–Kier alpha value is -2.53. The van der Waals surface area contributed by atoms with Crippen molar-refractivity contribution in [2.24, 2.45) is 5.73 Å². The zero-order valence-electron chi connectivity index (χ0n) is 11.1. The van der Waals surface area contributed by atoms with Crippen LogP contribution in [0.3, 0.4) is 0 Å². The zero-order chi connectivity index (χ0) is 14.8. The summed E-state index contributed by atoms with van der Waals surface area (Å²) < 4.78 is 28.5. The second-order valence-electron chi connectivity index (χ2n) is 4.67. The number of benzene rings is 2. The highest BCUT2D eigenvalue weighted by Gasteiger charge is 2.09. The van der Waals surface area contributed by atoms with Gasteiger partial charge in [-0.05, 0) is 35.9 Å². The van der Waals surface area contributed by atoms with Crippen LogP contribution in [0.2, 0.25) is 0 Å². The number of hydrogen-bond acceptors (Lipinski definition) is 2. The maximum atomic E-state index is 14.0. The van der Waals surface area contributed by atoms with E-state index in [0.717, 1.165) is 5.56 Å². The lowest BCUT2D eigenvalue weighted by Crippen LogP contribution is -1.97. The Morgan fingerprint density at radius 2 is 1.81 bits per heavy atom. The fourth-order valence-electron chi connectivity index (χ4n) is 2.12. The first-order chi connectivity index (χ1) is 10.2. The molecule has 21 heavy (non-hydrogen) atoms. The topological polar surface area (TPSA) is 43.8 Å². The summed E-state index contributed by atoms with van der Waals surface area (Å²) in [5, 5.41) is 4.18. The number of halogens is 2. The second-order valence-corrected chi connectivity index (χ2v) is 4.67. The lowest BCUT2D eigenvalue weighted by molar-refractivity contribution is 0.627. The van der Waals surface area contributed by atoms with Gasteiger partial charge in [-0.3, -0.25) is 0 Å². The summed E-state index contributed by atoms with van der Waals surface area (Å²) >= 11 is 0. The van der Waals surface area contributed by atoms with Crippen molar-refractivity contribution in [3.8, 4) is 16.8 Å². The van der Waals surface area contributed by atoms with Gasteiger partial charge in [0.25, 0.3) is 0 Å². The predicted octanol–water partition coefficient (Wildman–Crippen LogP) is 3.28. The molecule has 0 aliphatic heterocycles. The van der Waals surface area contributed by atoms with Crippen LogP contribution < -0.4 is 5.73 Å². The molecule has 2 N–H and O–H groups in total. The number of rotatable bonds is 3. The van der Waals surface area contributed by atoms with Crippen LogP contribution in [0.15, 0.2) is 54.9 Å². The summed E-state index contributed by atoms with van der Waals surface area (Å²) in [6.07, 6.45) is 3.28. The van der Waals surface area contributed by atoms with Gasteiger partial charge in [-0.1, -0.05) is 12.1 Å². The average molecular weight is 285 g/mol. The first-order valence-electron chi connectivity index (χ1n) is 6.47. The van der Waals surface area contributed by atoms with Gasteiger partial charge in [-0.15, -0.1) is 0 Å². The molecule has 5 heteroatoms. The van der Waals surface area contributed by atoms with Gasteiger partial charge in [0.2, 0.25) is 0 Å². The summed E-state index contributed by atoms with van der Waals surface area (Å²) in [6.45, 7) is 0.298. The highest BCUT2D eigenvalue weighted by molar-refractivity contribution is 5.63. The van der Waals surface area contributed by atoms with E-state index < -0.39 is 0 Å². The van der Waals surface area contributed by atoms with Crippen molar-refractivity contribution >= 4 is 0 Å². The monoisotopic (exact) mass is 285 g/mol. The van der Waals surface area contributed by atoms with Gasteiger partial charge in [-0.25, -0.2) is 13.5 Å². The molecule has 3 nitrogen and oxygen atoms in total. The minimum atomic E-state index is -0.336. The van der Waals surface area contributed by atoms with Crippen LogP contribution in [0.25, 0.3) is 16.8 Å². The molecule has 0 bridgehead atoms. The van der Waals surface area contributed by atoms with E-state index in [9.17, 15) is 8.78 Å². The van der Waals surface area contributed by atoms with Crippen LogP contribution in [-0.2, 0) is 6.54 Å². The maximum absolute atomic E-state index is 14.0. The van der Waals surface area contributed by atoms with Gasteiger partial charge in [-0.2, -0.15) is 5.10 Å². The molecule has 2 aromatic carbocycles. The molecule has 0 amide bonds. The van der Waals surface area contributed by atoms with E-state index in [1.807, 2.05) is 0 Å². The van der Waals surface area contributed by atoms with E-state index in [0.29, 0.717) is 23.4 Å². The molecule has 106 valence electrons. The fraction of sp³-hybridized carbons (Fsp3) is 0.0625. The zero-order valence-corrected chi connectivity index (χ0v) is 11.1. The molecule has 1 aromatic heterocycles. The summed E-state index contributed by atoms with van der Waals surface area (Å²) in [5.41, 5.74) is 8.05. The lowest BCUT2D eigenvalue weighted by atomic mass is 10.1. The van der Waals surface area contributed by atoms with Crippen molar-refractivity contribution in [2.75, 3.05) is 0 Å². The Morgan fingerprint density at radius 1 is 1.05 bits per heavy atom. The highest BCUT2D eigenvalue weighted by Crippen LogP contribution is 2.24.